The molecule has 4 nitrogen and oxygen atoms in total. The quantitative estimate of drug-likeness (QED) is 0.784. The second-order valence-corrected chi connectivity index (χ2v) is 5.11. The molecule has 16 heavy (non-hydrogen) atoms. The van der Waals surface area contributed by atoms with Crippen LogP contribution in [-0.2, 0) is 30.5 Å². The summed E-state index contributed by atoms with van der Waals surface area (Å²) in [5, 5.41) is 0. The molecule has 0 saturated carbocycles. The summed E-state index contributed by atoms with van der Waals surface area (Å²) < 4.78 is 33.0. The molecule has 2 atom stereocenters. The molecule has 0 aromatic heterocycles. The first kappa shape index (κ1) is 13.5. The summed E-state index contributed by atoms with van der Waals surface area (Å²) in [6.45, 7) is 4.26. The Hall–Kier alpha value is -0.560. The van der Waals surface area contributed by atoms with E-state index in [1.165, 1.54) is 0 Å². The van der Waals surface area contributed by atoms with Gasteiger partial charge in [-0.1, -0.05) is 6.07 Å². The molecular weight excluding hydrogens is 248 g/mol. The van der Waals surface area contributed by atoms with Crippen LogP contribution in [-0.4, -0.2) is 21.6 Å². The van der Waals surface area contributed by atoms with Gasteiger partial charge < -0.3 is 0 Å². The minimum atomic E-state index is -1.50. The fourth-order valence-electron chi connectivity index (χ4n) is 1.03. The third-order valence-corrected chi connectivity index (χ3v) is 3.82. The van der Waals surface area contributed by atoms with Crippen molar-refractivity contribution >= 4 is 22.2 Å². The molecule has 0 aliphatic heterocycles. The Morgan fingerprint density at radius 1 is 1.00 bits per heavy atom. The summed E-state index contributed by atoms with van der Waals surface area (Å²) in [6, 6.07) is 6.58. The van der Waals surface area contributed by atoms with E-state index in [1.807, 2.05) is 0 Å². The van der Waals surface area contributed by atoms with Gasteiger partial charge in [-0.2, -0.15) is 0 Å². The maximum Gasteiger partial charge on any atom is 0.189 e. The lowest BCUT2D eigenvalue weighted by atomic mass is 10.4. The van der Waals surface area contributed by atoms with Crippen molar-refractivity contribution in [2.75, 3.05) is 13.2 Å². The third-order valence-electron chi connectivity index (χ3n) is 1.64. The average Bonchev–Trinajstić information content (AvgIpc) is 2.30. The van der Waals surface area contributed by atoms with Crippen LogP contribution in [0.4, 0.5) is 0 Å². The van der Waals surface area contributed by atoms with Gasteiger partial charge in [0, 0.05) is 0 Å². The molecule has 0 fully saturated rings. The number of hydrogen-bond donors (Lipinski definition) is 0. The lowest BCUT2D eigenvalue weighted by molar-refractivity contribution is 0.370. The molecule has 1 rings (SSSR count). The van der Waals surface area contributed by atoms with Crippen LogP contribution in [0, 0.1) is 0 Å². The zero-order valence-corrected chi connectivity index (χ0v) is 10.8. The Bertz CT molecular complexity index is 359. The summed E-state index contributed by atoms with van der Waals surface area (Å²) in [5.41, 5.74) is 0. The van der Waals surface area contributed by atoms with Crippen LogP contribution < -0.4 is 0 Å². The highest BCUT2D eigenvalue weighted by molar-refractivity contribution is 7.81. The van der Waals surface area contributed by atoms with Crippen LogP contribution in [0.25, 0.3) is 0 Å². The molecule has 0 heterocycles. The van der Waals surface area contributed by atoms with E-state index in [4.69, 9.17) is 8.37 Å². The van der Waals surface area contributed by atoms with Crippen molar-refractivity contribution in [1.29, 1.82) is 0 Å². The summed E-state index contributed by atoms with van der Waals surface area (Å²) in [6.07, 6.45) is 0. The highest BCUT2D eigenvalue weighted by Gasteiger charge is 2.08. The highest BCUT2D eigenvalue weighted by Crippen LogP contribution is 2.14. The molecule has 2 unspecified atom stereocenters. The van der Waals surface area contributed by atoms with Gasteiger partial charge >= 0.3 is 0 Å². The van der Waals surface area contributed by atoms with Gasteiger partial charge in [-0.15, -0.1) is 0 Å². The van der Waals surface area contributed by atoms with Crippen LogP contribution >= 0.6 is 0 Å². The van der Waals surface area contributed by atoms with Gasteiger partial charge in [0.05, 0.1) is 23.0 Å². The average molecular weight is 262 g/mol. The topological polar surface area (TPSA) is 52.6 Å². The molecular formula is C10H14O4S2. The molecule has 0 spiro atoms. The van der Waals surface area contributed by atoms with Gasteiger partial charge in [0.25, 0.3) is 0 Å². The largest absolute Gasteiger partial charge is 0.287 e. The van der Waals surface area contributed by atoms with Crippen LogP contribution in [0.3, 0.4) is 0 Å². The lowest BCUT2D eigenvalue weighted by Crippen LogP contribution is -2.01. The minimum Gasteiger partial charge on any atom is -0.287 e. The number of rotatable bonds is 6. The zero-order valence-electron chi connectivity index (χ0n) is 9.17. The normalized spacial score (nSPS) is 14.6. The van der Waals surface area contributed by atoms with Crippen molar-refractivity contribution in [2.45, 2.75) is 23.6 Å². The fourth-order valence-corrected chi connectivity index (χ4v) is 2.63. The summed E-state index contributed by atoms with van der Waals surface area (Å²) in [4.78, 5) is 0.986. The van der Waals surface area contributed by atoms with Crippen molar-refractivity contribution < 1.29 is 16.8 Å². The lowest BCUT2D eigenvalue weighted by Gasteiger charge is -2.04. The van der Waals surface area contributed by atoms with Crippen LogP contribution in [0.15, 0.2) is 34.1 Å². The predicted molar refractivity (Wildman–Crippen MR) is 62.5 cm³/mol. The van der Waals surface area contributed by atoms with Crippen molar-refractivity contribution in [1.82, 2.24) is 0 Å². The Morgan fingerprint density at radius 3 is 1.81 bits per heavy atom. The maximum atomic E-state index is 11.5. The van der Waals surface area contributed by atoms with Crippen molar-refractivity contribution in [3.05, 3.63) is 24.3 Å². The van der Waals surface area contributed by atoms with E-state index in [1.54, 1.807) is 38.1 Å². The Balaban J connectivity index is 2.86. The first-order valence-electron chi connectivity index (χ1n) is 4.89. The van der Waals surface area contributed by atoms with Crippen molar-refractivity contribution in [3.8, 4) is 0 Å². The Morgan fingerprint density at radius 2 is 1.44 bits per heavy atom. The van der Waals surface area contributed by atoms with E-state index >= 15 is 0 Å². The molecule has 1 aromatic carbocycles. The van der Waals surface area contributed by atoms with Gasteiger partial charge in [-0.05, 0) is 32.0 Å². The van der Waals surface area contributed by atoms with Crippen LogP contribution in [0.2, 0.25) is 0 Å². The van der Waals surface area contributed by atoms with Gasteiger partial charge in [0.15, 0.2) is 22.2 Å². The van der Waals surface area contributed by atoms with E-state index in [-0.39, 0.29) is 0 Å². The first-order valence-corrected chi connectivity index (χ1v) is 7.04. The van der Waals surface area contributed by atoms with Gasteiger partial charge in [-0.3, -0.25) is 8.37 Å². The second-order valence-electron chi connectivity index (χ2n) is 2.76. The van der Waals surface area contributed by atoms with Gasteiger partial charge in [0.1, 0.15) is 0 Å². The molecule has 0 amide bonds. The summed E-state index contributed by atoms with van der Waals surface area (Å²) in [7, 11) is 0. The standard InChI is InChI=1S/C10H14O4S2/c1-3-13-15(11)9-6-5-7-10(8-9)16(12)14-4-2/h5-8H,3-4H2,1-2H3. The van der Waals surface area contributed by atoms with E-state index < -0.39 is 22.2 Å². The van der Waals surface area contributed by atoms with Gasteiger partial charge in [0.2, 0.25) is 0 Å². The predicted octanol–water partition coefficient (Wildman–Crippen LogP) is 1.80. The van der Waals surface area contributed by atoms with Crippen LogP contribution in [0.1, 0.15) is 13.8 Å². The van der Waals surface area contributed by atoms with Crippen LogP contribution in [0.5, 0.6) is 0 Å². The molecule has 0 aliphatic carbocycles. The zero-order chi connectivity index (χ0) is 12.0. The fraction of sp³-hybridized carbons (Fsp3) is 0.400. The first-order chi connectivity index (χ1) is 7.69. The van der Waals surface area contributed by atoms with Gasteiger partial charge in [-0.25, -0.2) is 8.42 Å². The summed E-state index contributed by atoms with van der Waals surface area (Å²) in [5.74, 6) is 0. The van der Waals surface area contributed by atoms with Crippen molar-refractivity contribution in [2.24, 2.45) is 0 Å². The number of hydrogen-bond acceptors (Lipinski definition) is 4. The molecule has 0 saturated heterocycles. The third kappa shape index (κ3) is 3.79. The van der Waals surface area contributed by atoms with E-state index in [9.17, 15) is 8.42 Å². The second kappa shape index (κ2) is 6.90. The smallest absolute Gasteiger partial charge is 0.189 e. The molecule has 0 N–H and O–H groups in total. The Kier molecular flexibility index (Phi) is 5.83. The van der Waals surface area contributed by atoms with E-state index in [0.29, 0.717) is 23.0 Å². The van der Waals surface area contributed by atoms with E-state index in [0.717, 1.165) is 0 Å². The molecule has 1 aromatic rings. The molecule has 0 bridgehead atoms. The SMILES string of the molecule is CCOS(=O)c1cccc(S(=O)OCC)c1. The minimum absolute atomic E-state index is 0.366. The molecule has 0 aliphatic rings. The molecule has 90 valence electrons. The summed E-state index contributed by atoms with van der Waals surface area (Å²) >= 11 is -3.01. The Labute approximate surface area is 100 Å². The van der Waals surface area contributed by atoms with Crippen molar-refractivity contribution in [3.63, 3.8) is 0 Å². The molecule has 6 heteroatoms. The van der Waals surface area contributed by atoms with E-state index in [2.05, 4.69) is 0 Å². The number of benzene rings is 1. The monoisotopic (exact) mass is 262 g/mol. The maximum absolute atomic E-state index is 11.5. The molecule has 0 radical (unpaired) electrons. The highest BCUT2D eigenvalue weighted by atomic mass is 32.2.